The Morgan fingerprint density at radius 2 is 2.32 bits per heavy atom. The van der Waals surface area contributed by atoms with Crippen LogP contribution in [-0.2, 0) is 6.54 Å². The molecule has 1 aliphatic rings. The molecule has 1 N–H and O–H groups in total. The molecule has 0 bridgehead atoms. The van der Waals surface area contributed by atoms with Gasteiger partial charge in [0.05, 0.1) is 0 Å². The van der Waals surface area contributed by atoms with Gasteiger partial charge in [-0.3, -0.25) is 4.90 Å². The Labute approximate surface area is 134 Å². The van der Waals surface area contributed by atoms with E-state index in [-0.39, 0.29) is 5.69 Å². The zero-order valence-corrected chi connectivity index (χ0v) is 13.5. The molecule has 1 fully saturated rings. The van der Waals surface area contributed by atoms with Crippen molar-refractivity contribution in [1.29, 1.82) is 0 Å². The highest BCUT2D eigenvalue weighted by Crippen LogP contribution is 2.26. The highest BCUT2D eigenvalue weighted by atomic mass is 32.1. The molecule has 5 heteroatoms. The van der Waals surface area contributed by atoms with Crippen LogP contribution in [0.1, 0.15) is 42.2 Å². The second-order valence-corrected chi connectivity index (χ2v) is 6.72. The Balaban J connectivity index is 1.78. The van der Waals surface area contributed by atoms with Gasteiger partial charge < -0.3 is 5.11 Å². The Hall–Kier alpha value is -1.72. The highest BCUT2D eigenvalue weighted by Gasteiger charge is 2.18. The van der Waals surface area contributed by atoms with E-state index in [1.54, 1.807) is 5.38 Å². The largest absolute Gasteiger partial charge is 0.476 e. The van der Waals surface area contributed by atoms with Crippen LogP contribution in [0.3, 0.4) is 0 Å². The van der Waals surface area contributed by atoms with Crippen molar-refractivity contribution in [1.82, 2.24) is 9.88 Å². The number of benzene rings is 1. The Morgan fingerprint density at radius 1 is 1.45 bits per heavy atom. The minimum atomic E-state index is -0.971. The van der Waals surface area contributed by atoms with Crippen LogP contribution in [0.25, 0.3) is 10.6 Å². The third kappa shape index (κ3) is 3.36. The number of carbonyl (C=O) groups is 1. The maximum atomic E-state index is 10.9. The van der Waals surface area contributed by atoms with Gasteiger partial charge in [-0.25, -0.2) is 9.78 Å². The van der Waals surface area contributed by atoms with Gasteiger partial charge >= 0.3 is 5.97 Å². The smallest absolute Gasteiger partial charge is 0.355 e. The van der Waals surface area contributed by atoms with Crippen molar-refractivity contribution in [2.24, 2.45) is 0 Å². The van der Waals surface area contributed by atoms with Crippen molar-refractivity contribution in [2.45, 2.75) is 38.8 Å². The van der Waals surface area contributed by atoms with Gasteiger partial charge in [0.1, 0.15) is 5.01 Å². The molecular weight excluding hydrogens is 296 g/mol. The minimum Gasteiger partial charge on any atom is -0.476 e. The molecule has 0 aliphatic carbocycles. The summed E-state index contributed by atoms with van der Waals surface area (Å²) < 4.78 is 0. The van der Waals surface area contributed by atoms with Crippen LogP contribution in [0.15, 0.2) is 29.6 Å². The molecule has 0 radical (unpaired) electrons. The molecule has 4 nitrogen and oxygen atoms in total. The highest BCUT2D eigenvalue weighted by molar-refractivity contribution is 7.13. The standard InChI is InChI=1S/C17H20N2O2S/c1-12-5-2-3-8-19(12)10-13-6-4-7-14(9-13)16-18-15(11-22-16)17(20)21/h4,6-7,9,11-12H,2-3,5,8,10H2,1H3,(H,20,21). The van der Waals surface area contributed by atoms with Crippen molar-refractivity contribution in [3.63, 3.8) is 0 Å². The van der Waals surface area contributed by atoms with Crippen LogP contribution in [0.5, 0.6) is 0 Å². The van der Waals surface area contributed by atoms with Crippen LogP contribution in [0.2, 0.25) is 0 Å². The van der Waals surface area contributed by atoms with Gasteiger partial charge in [0.25, 0.3) is 0 Å². The molecule has 0 spiro atoms. The van der Waals surface area contributed by atoms with Crippen LogP contribution in [0.4, 0.5) is 0 Å². The molecule has 3 rings (SSSR count). The van der Waals surface area contributed by atoms with Crippen LogP contribution >= 0.6 is 11.3 Å². The molecule has 1 aromatic carbocycles. The first-order valence-electron chi connectivity index (χ1n) is 7.65. The van der Waals surface area contributed by atoms with Gasteiger partial charge in [-0.05, 0) is 37.9 Å². The molecular formula is C17H20N2O2S. The minimum absolute atomic E-state index is 0.120. The Bertz CT molecular complexity index is 668. The van der Waals surface area contributed by atoms with Crippen LogP contribution in [0, 0.1) is 0 Å². The van der Waals surface area contributed by atoms with E-state index in [2.05, 4.69) is 28.9 Å². The van der Waals surface area contributed by atoms with Crippen molar-refractivity contribution in [2.75, 3.05) is 6.54 Å². The monoisotopic (exact) mass is 316 g/mol. The fraction of sp³-hybridized carbons (Fsp3) is 0.412. The van der Waals surface area contributed by atoms with Gasteiger partial charge in [-0.15, -0.1) is 11.3 Å². The van der Waals surface area contributed by atoms with Crippen molar-refractivity contribution in [3.8, 4) is 10.6 Å². The van der Waals surface area contributed by atoms with E-state index < -0.39 is 5.97 Å². The predicted molar refractivity (Wildman–Crippen MR) is 88.2 cm³/mol. The number of hydrogen-bond acceptors (Lipinski definition) is 4. The summed E-state index contributed by atoms with van der Waals surface area (Å²) >= 11 is 1.38. The quantitative estimate of drug-likeness (QED) is 0.930. The summed E-state index contributed by atoms with van der Waals surface area (Å²) in [6.45, 7) is 4.40. The van der Waals surface area contributed by atoms with E-state index in [4.69, 9.17) is 5.11 Å². The Morgan fingerprint density at radius 3 is 3.05 bits per heavy atom. The fourth-order valence-electron chi connectivity index (χ4n) is 2.93. The Kier molecular flexibility index (Phi) is 4.55. The number of carboxylic acid groups (broad SMARTS) is 1. The lowest BCUT2D eigenvalue weighted by Crippen LogP contribution is -2.36. The van der Waals surface area contributed by atoms with E-state index >= 15 is 0 Å². The van der Waals surface area contributed by atoms with Gasteiger partial charge in [-0.1, -0.05) is 24.6 Å². The number of nitrogens with zero attached hydrogens (tertiary/aromatic N) is 2. The molecule has 1 atom stereocenters. The normalized spacial score (nSPS) is 19.2. The number of thiazole rings is 1. The average Bonchev–Trinajstić information content (AvgIpc) is 3.00. The van der Waals surface area contributed by atoms with Gasteiger partial charge in [0.15, 0.2) is 5.69 Å². The number of rotatable bonds is 4. The maximum absolute atomic E-state index is 10.9. The molecule has 1 unspecified atom stereocenters. The average molecular weight is 316 g/mol. The van der Waals surface area contributed by atoms with E-state index in [1.165, 1.54) is 36.2 Å². The predicted octanol–water partition coefficient (Wildman–Crippen LogP) is 3.88. The lowest BCUT2D eigenvalue weighted by molar-refractivity contribution is 0.0691. The number of hydrogen-bond donors (Lipinski definition) is 1. The molecule has 2 heterocycles. The number of carboxylic acids is 1. The van der Waals surface area contributed by atoms with Gasteiger partial charge in [0.2, 0.25) is 0 Å². The molecule has 0 amide bonds. The van der Waals surface area contributed by atoms with Crippen LogP contribution < -0.4 is 0 Å². The summed E-state index contributed by atoms with van der Waals surface area (Å²) in [6, 6.07) is 8.92. The number of likely N-dealkylation sites (tertiary alicyclic amines) is 1. The van der Waals surface area contributed by atoms with E-state index in [0.717, 1.165) is 23.7 Å². The molecule has 2 aromatic rings. The number of piperidine rings is 1. The number of aromatic carboxylic acids is 1. The third-order valence-electron chi connectivity index (χ3n) is 4.22. The van der Waals surface area contributed by atoms with E-state index in [1.807, 2.05) is 12.1 Å². The van der Waals surface area contributed by atoms with Crippen molar-refractivity contribution < 1.29 is 9.90 Å². The van der Waals surface area contributed by atoms with Gasteiger partial charge in [-0.2, -0.15) is 0 Å². The lowest BCUT2D eigenvalue weighted by Gasteiger charge is -2.33. The van der Waals surface area contributed by atoms with Crippen LogP contribution in [-0.4, -0.2) is 33.5 Å². The summed E-state index contributed by atoms with van der Waals surface area (Å²) in [7, 11) is 0. The first-order chi connectivity index (χ1) is 10.6. The summed E-state index contributed by atoms with van der Waals surface area (Å²) in [5.41, 5.74) is 2.38. The molecule has 1 aliphatic heterocycles. The topological polar surface area (TPSA) is 53.4 Å². The molecule has 1 aromatic heterocycles. The second-order valence-electron chi connectivity index (χ2n) is 5.86. The van der Waals surface area contributed by atoms with E-state index in [9.17, 15) is 4.79 Å². The molecule has 0 saturated carbocycles. The molecule has 1 saturated heterocycles. The summed E-state index contributed by atoms with van der Waals surface area (Å²) in [5.74, 6) is -0.971. The molecule has 22 heavy (non-hydrogen) atoms. The number of aromatic nitrogens is 1. The SMILES string of the molecule is CC1CCCCN1Cc1cccc(-c2nc(C(=O)O)cs2)c1. The molecule has 116 valence electrons. The first kappa shape index (κ1) is 15.2. The second kappa shape index (κ2) is 6.58. The van der Waals surface area contributed by atoms with E-state index in [0.29, 0.717) is 6.04 Å². The first-order valence-corrected chi connectivity index (χ1v) is 8.53. The maximum Gasteiger partial charge on any atom is 0.355 e. The summed E-state index contributed by atoms with van der Waals surface area (Å²) in [6.07, 6.45) is 3.88. The summed E-state index contributed by atoms with van der Waals surface area (Å²) in [5, 5.41) is 11.3. The zero-order valence-electron chi connectivity index (χ0n) is 12.7. The zero-order chi connectivity index (χ0) is 15.5. The van der Waals surface area contributed by atoms with Crippen molar-refractivity contribution in [3.05, 3.63) is 40.9 Å². The summed E-state index contributed by atoms with van der Waals surface area (Å²) in [4.78, 5) is 17.7. The fourth-order valence-corrected chi connectivity index (χ4v) is 3.73. The lowest BCUT2D eigenvalue weighted by atomic mass is 10.0. The third-order valence-corrected chi connectivity index (χ3v) is 5.11. The van der Waals surface area contributed by atoms with Crippen molar-refractivity contribution >= 4 is 17.3 Å². The van der Waals surface area contributed by atoms with Gasteiger partial charge in [0, 0.05) is 23.5 Å².